The molecule has 17 heavy (non-hydrogen) atoms. The lowest BCUT2D eigenvalue weighted by Crippen LogP contribution is -2.07. The molecule has 0 saturated heterocycles. The molecule has 0 aliphatic carbocycles. The van der Waals surface area contributed by atoms with Crippen LogP contribution < -0.4 is 5.32 Å². The summed E-state index contributed by atoms with van der Waals surface area (Å²) in [4.78, 5) is 4.04. The summed E-state index contributed by atoms with van der Waals surface area (Å²) in [6.45, 7) is 0. The van der Waals surface area contributed by atoms with Crippen LogP contribution in [0, 0.1) is 0 Å². The monoisotopic (exact) mass is 242 g/mol. The van der Waals surface area contributed by atoms with Crippen LogP contribution in [0.25, 0.3) is 11.3 Å². The summed E-state index contributed by atoms with van der Waals surface area (Å²) in [6, 6.07) is 3.51. The quantitative estimate of drug-likeness (QED) is 0.877. The van der Waals surface area contributed by atoms with Gasteiger partial charge in [0.25, 0.3) is 0 Å². The van der Waals surface area contributed by atoms with Crippen LogP contribution in [0.5, 0.6) is 0 Å². The van der Waals surface area contributed by atoms with E-state index in [9.17, 15) is 13.2 Å². The maximum Gasteiger partial charge on any atom is 0.416 e. The zero-order chi connectivity index (χ0) is 12.5. The third-order valence-electron chi connectivity index (χ3n) is 2.23. The molecule has 0 saturated carbocycles. The van der Waals surface area contributed by atoms with Gasteiger partial charge in [-0.1, -0.05) is 0 Å². The second-order valence-corrected chi connectivity index (χ2v) is 3.39. The van der Waals surface area contributed by atoms with Crippen molar-refractivity contribution in [3.05, 3.63) is 36.3 Å². The molecule has 0 spiro atoms. The zero-order valence-corrected chi connectivity index (χ0v) is 8.88. The molecule has 0 aromatic carbocycles. The molecule has 0 aliphatic heterocycles. The largest absolute Gasteiger partial charge is 0.472 e. The van der Waals surface area contributed by atoms with E-state index in [1.54, 1.807) is 6.07 Å². The van der Waals surface area contributed by atoms with Crippen molar-refractivity contribution in [2.24, 2.45) is 0 Å². The summed E-state index contributed by atoms with van der Waals surface area (Å²) in [7, 11) is 1.52. The number of hydrogen-bond acceptors (Lipinski definition) is 3. The number of rotatable bonds is 2. The Morgan fingerprint density at radius 1 is 1.29 bits per heavy atom. The molecule has 2 aromatic rings. The highest BCUT2D eigenvalue weighted by molar-refractivity contribution is 5.61. The average molecular weight is 242 g/mol. The summed E-state index contributed by atoms with van der Waals surface area (Å²) in [5.41, 5.74) is -0.0152. The lowest BCUT2D eigenvalue weighted by Gasteiger charge is -2.10. The maximum atomic E-state index is 12.6. The molecular formula is C11H9F3N2O. The molecule has 0 radical (unpaired) electrons. The van der Waals surface area contributed by atoms with Gasteiger partial charge in [0, 0.05) is 12.6 Å². The first-order valence-electron chi connectivity index (χ1n) is 4.80. The van der Waals surface area contributed by atoms with Gasteiger partial charge in [-0.05, 0) is 18.2 Å². The first-order chi connectivity index (χ1) is 8.00. The Bertz CT molecular complexity index is 506. The van der Waals surface area contributed by atoms with Gasteiger partial charge in [0.05, 0.1) is 23.8 Å². The maximum absolute atomic E-state index is 12.6. The lowest BCUT2D eigenvalue weighted by molar-refractivity contribution is -0.137. The fourth-order valence-electron chi connectivity index (χ4n) is 1.38. The Labute approximate surface area is 95.3 Å². The SMILES string of the molecule is CNc1cc(C(F)(F)F)cc(-c2ccoc2)n1. The summed E-state index contributed by atoms with van der Waals surface area (Å²) < 4.78 is 42.8. The molecule has 90 valence electrons. The van der Waals surface area contributed by atoms with Gasteiger partial charge in [-0.3, -0.25) is 0 Å². The Balaban J connectivity index is 2.54. The number of pyridine rings is 1. The van der Waals surface area contributed by atoms with Crippen LogP contribution in [0.3, 0.4) is 0 Å². The van der Waals surface area contributed by atoms with Crippen molar-refractivity contribution >= 4 is 5.82 Å². The normalized spacial score (nSPS) is 11.5. The molecule has 0 unspecified atom stereocenters. The predicted octanol–water partition coefficient (Wildman–Crippen LogP) is 3.40. The fourth-order valence-corrected chi connectivity index (χ4v) is 1.38. The van der Waals surface area contributed by atoms with Crippen LogP contribution in [-0.2, 0) is 6.18 Å². The van der Waals surface area contributed by atoms with Crippen LogP contribution in [0.15, 0.2) is 35.1 Å². The van der Waals surface area contributed by atoms with Crippen LogP contribution in [0.1, 0.15) is 5.56 Å². The highest BCUT2D eigenvalue weighted by Gasteiger charge is 2.31. The molecule has 0 bridgehead atoms. The van der Waals surface area contributed by atoms with Crippen molar-refractivity contribution in [3.8, 4) is 11.3 Å². The average Bonchev–Trinajstić information content (AvgIpc) is 2.80. The number of aromatic nitrogens is 1. The lowest BCUT2D eigenvalue weighted by atomic mass is 10.1. The Morgan fingerprint density at radius 3 is 2.59 bits per heavy atom. The highest BCUT2D eigenvalue weighted by Crippen LogP contribution is 2.33. The molecule has 2 rings (SSSR count). The van der Waals surface area contributed by atoms with Crippen molar-refractivity contribution < 1.29 is 17.6 Å². The Morgan fingerprint density at radius 2 is 2.06 bits per heavy atom. The van der Waals surface area contributed by atoms with E-state index in [1.807, 2.05) is 0 Å². The van der Waals surface area contributed by atoms with Crippen LogP contribution in [0.4, 0.5) is 19.0 Å². The smallest absolute Gasteiger partial charge is 0.416 e. The molecule has 2 aromatic heterocycles. The molecule has 0 aliphatic rings. The van der Waals surface area contributed by atoms with E-state index in [2.05, 4.69) is 10.3 Å². The van der Waals surface area contributed by atoms with E-state index in [1.165, 1.54) is 19.6 Å². The standard InChI is InChI=1S/C11H9F3N2O/c1-15-10-5-8(11(12,13)14)4-9(16-10)7-2-3-17-6-7/h2-6H,1H3,(H,15,16). The first kappa shape index (κ1) is 11.5. The van der Waals surface area contributed by atoms with E-state index in [-0.39, 0.29) is 11.5 Å². The Kier molecular flexibility index (Phi) is 2.79. The van der Waals surface area contributed by atoms with E-state index >= 15 is 0 Å². The van der Waals surface area contributed by atoms with Crippen LogP contribution in [-0.4, -0.2) is 12.0 Å². The fraction of sp³-hybridized carbons (Fsp3) is 0.182. The van der Waals surface area contributed by atoms with Crippen molar-refractivity contribution in [1.82, 2.24) is 4.98 Å². The third-order valence-corrected chi connectivity index (χ3v) is 2.23. The van der Waals surface area contributed by atoms with Gasteiger partial charge in [0.2, 0.25) is 0 Å². The summed E-state index contributed by atoms with van der Waals surface area (Å²) in [6.07, 6.45) is -1.66. The number of nitrogens with zero attached hydrogens (tertiary/aromatic N) is 1. The van der Waals surface area contributed by atoms with Gasteiger partial charge >= 0.3 is 6.18 Å². The number of anilines is 1. The molecule has 1 N–H and O–H groups in total. The topological polar surface area (TPSA) is 38.1 Å². The molecule has 0 fully saturated rings. The van der Waals surface area contributed by atoms with E-state index in [4.69, 9.17) is 4.42 Å². The van der Waals surface area contributed by atoms with Crippen LogP contribution >= 0.6 is 0 Å². The number of alkyl halides is 3. The van der Waals surface area contributed by atoms with Gasteiger partial charge < -0.3 is 9.73 Å². The van der Waals surface area contributed by atoms with Gasteiger partial charge in [-0.15, -0.1) is 0 Å². The predicted molar refractivity (Wildman–Crippen MR) is 56.5 cm³/mol. The summed E-state index contributed by atoms with van der Waals surface area (Å²) in [5.74, 6) is 0.163. The van der Waals surface area contributed by atoms with Crippen molar-refractivity contribution in [3.63, 3.8) is 0 Å². The van der Waals surface area contributed by atoms with Crippen LogP contribution in [0.2, 0.25) is 0 Å². The minimum Gasteiger partial charge on any atom is -0.472 e. The van der Waals surface area contributed by atoms with Gasteiger partial charge in [0.15, 0.2) is 0 Å². The summed E-state index contributed by atoms with van der Waals surface area (Å²) >= 11 is 0. The number of hydrogen-bond donors (Lipinski definition) is 1. The van der Waals surface area contributed by atoms with Gasteiger partial charge in [-0.2, -0.15) is 13.2 Å². The van der Waals surface area contributed by atoms with Gasteiger partial charge in [0.1, 0.15) is 5.82 Å². The zero-order valence-electron chi connectivity index (χ0n) is 8.88. The Hall–Kier alpha value is -1.98. The second-order valence-electron chi connectivity index (χ2n) is 3.39. The minimum atomic E-state index is -4.40. The van der Waals surface area contributed by atoms with Crippen molar-refractivity contribution in [2.75, 3.05) is 12.4 Å². The molecule has 0 amide bonds. The molecule has 2 heterocycles. The van der Waals surface area contributed by atoms with E-state index in [0.29, 0.717) is 5.56 Å². The summed E-state index contributed by atoms with van der Waals surface area (Å²) in [5, 5.41) is 2.60. The number of furan rings is 1. The van der Waals surface area contributed by atoms with Gasteiger partial charge in [-0.25, -0.2) is 4.98 Å². The molecule has 3 nitrogen and oxygen atoms in total. The van der Waals surface area contributed by atoms with E-state index < -0.39 is 11.7 Å². The highest BCUT2D eigenvalue weighted by atomic mass is 19.4. The second kappa shape index (κ2) is 4.12. The molecule has 0 atom stereocenters. The van der Waals surface area contributed by atoms with Crippen molar-refractivity contribution in [2.45, 2.75) is 6.18 Å². The van der Waals surface area contributed by atoms with Crippen molar-refractivity contribution in [1.29, 1.82) is 0 Å². The third kappa shape index (κ3) is 2.41. The number of halogens is 3. The van der Waals surface area contributed by atoms with E-state index in [0.717, 1.165) is 12.1 Å². The number of nitrogens with one attached hydrogen (secondary N) is 1. The first-order valence-corrected chi connectivity index (χ1v) is 4.80. The molecule has 6 heteroatoms. The molecular weight excluding hydrogens is 233 g/mol. The minimum absolute atomic E-state index is 0.163.